The number of carbonyl (C=O) groups is 1. The number of carbonyl (C=O) groups excluding carboxylic acids is 1. The summed E-state index contributed by atoms with van der Waals surface area (Å²) in [4.78, 5) is 12.0. The molecule has 6 heteroatoms. The van der Waals surface area contributed by atoms with Gasteiger partial charge >= 0.3 is 18.9 Å². The van der Waals surface area contributed by atoms with Gasteiger partial charge in [-0.2, -0.15) is 0 Å². The van der Waals surface area contributed by atoms with E-state index in [4.69, 9.17) is 14.2 Å². The van der Waals surface area contributed by atoms with Crippen LogP contribution in [0.1, 0.15) is 43.7 Å². The van der Waals surface area contributed by atoms with Gasteiger partial charge in [0.1, 0.15) is 12.4 Å². The Labute approximate surface area is 168 Å². The van der Waals surface area contributed by atoms with Crippen molar-refractivity contribution in [3.63, 3.8) is 0 Å². The van der Waals surface area contributed by atoms with Gasteiger partial charge in [-0.15, -0.1) is 0 Å². The fourth-order valence-corrected chi connectivity index (χ4v) is 3.05. The molecule has 0 aliphatic heterocycles. The Bertz CT molecular complexity index is 541. The predicted molar refractivity (Wildman–Crippen MR) is 98.0 cm³/mol. The van der Waals surface area contributed by atoms with E-state index in [1.54, 1.807) is 14.2 Å². The standard InChI is InChI=1S/C20H29NO4.Li/c1-23-15-19(17-10-12-18(24-2)13-11-17)21-20(22)25-14-6-9-16-7-4-3-5-8-16;/h6,9-13,16,19H,3-5,7-8,14-15H2,1-2H3,(H,21,22);/q;+1/p-1/b9-6+;/t19-;/m1./s1. The minimum Gasteiger partial charge on any atom is -0.609 e. The molecule has 0 heterocycles. The number of benzene rings is 1. The van der Waals surface area contributed by atoms with Gasteiger partial charge < -0.3 is 19.5 Å². The molecule has 2 rings (SSSR count). The normalized spacial score (nSPS) is 15.9. The van der Waals surface area contributed by atoms with Crippen molar-refractivity contribution in [2.75, 3.05) is 27.4 Å². The van der Waals surface area contributed by atoms with E-state index in [2.05, 4.69) is 11.4 Å². The van der Waals surface area contributed by atoms with Crippen molar-refractivity contribution in [3.8, 4) is 5.75 Å². The zero-order valence-corrected chi connectivity index (χ0v) is 16.1. The third-order valence-corrected chi connectivity index (χ3v) is 4.45. The van der Waals surface area contributed by atoms with Crippen LogP contribution in [0.4, 0.5) is 4.79 Å². The minimum atomic E-state index is -0.564. The molecule has 0 N–H and O–H groups in total. The number of ether oxygens (including phenoxy) is 3. The number of methoxy groups -OCH3 is 2. The maximum Gasteiger partial charge on any atom is 1.00 e. The van der Waals surface area contributed by atoms with E-state index in [9.17, 15) is 4.79 Å². The molecule has 1 aliphatic carbocycles. The Balaban J connectivity index is 0.00000338. The molecule has 0 radical (unpaired) electrons. The second kappa shape index (κ2) is 12.9. The number of rotatable bonds is 8. The number of amides is 1. The zero-order chi connectivity index (χ0) is 17.9. The molecule has 138 valence electrons. The first-order chi connectivity index (χ1) is 12.2. The maximum absolute atomic E-state index is 12.0. The van der Waals surface area contributed by atoms with Crippen molar-refractivity contribution in [2.24, 2.45) is 5.92 Å². The van der Waals surface area contributed by atoms with Crippen molar-refractivity contribution in [1.82, 2.24) is 0 Å². The van der Waals surface area contributed by atoms with Gasteiger partial charge in [-0.1, -0.05) is 55.2 Å². The topological polar surface area (TPSA) is 58.9 Å². The average Bonchev–Trinajstić information content (AvgIpc) is 2.66. The Morgan fingerprint density at radius 3 is 2.50 bits per heavy atom. The van der Waals surface area contributed by atoms with Gasteiger partial charge in [0.15, 0.2) is 0 Å². The van der Waals surface area contributed by atoms with Gasteiger partial charge in [0, 0.05) is 13.7 Å². The summed E-state index contributed by atoms with van der Waals surface area (Å²) in [7, 11) is 3.20. The Hall–Kier alpha value is -1.41. The molecule has 0 spiro atoms. The SMILES string of the molecule is COC[C@@H]([N-]C(=O)OC/C=C/C1CCCCC1)c1ccc(OC)cc1.[Li+]. The Kier molecular flexibility index (Phi) is 11.2. The molecule has 26 heavy (non-hydrogen) atoms. The van der Waals surface area contributed by atoms with Gasteiger partial charge in [0.2, 0.25) is 6.09 Å². The van der Waals surface area contributed by atoms with Crippen LogP contribution in [0.2, 0.25) is 0 Å². The maximum atomic E-state index is 12.0. The monoisotopic (exact) mass is 353 g/mol. The van der Waals surface area contributed by atoms with Crippen LogP contribution in [0.25, 0.3) is 5.32 Å². The molecule has 1 atom stereocenters. The quantitative estimate of drug-likeness (QED) is 0.530. The van der Waals surface area contributed by atoms with Crippen LogP contribution in [-0.4, -0.2) is 33.5 Å². The summed E-state index contributed by atoms with van der Waals surface area (Å²) in [6.45, 7) is 0.584. The van der Waals surface area contributed by atoms with Crippen molar-refractivity contribution < 1.29 is 37.9 Å². The van der Waals surface area contributed by atoms with Crippen LogP contribution in [0.5, 0.6) is 5.75 Å². The molecule has 0 saturated heterocycles. The Morgan fingerprint density at radius 1 is 1.19 bits per heavy atom. The van der Waals surface area contributed by atoms with E-state index >= 15 is 0 Å². The molecule has 0 aromatic heterocycles. The number of hydrogen-bond acceptors (Lipinski definition) is 4. The van der Waals surface area contributed by atoms with Crippen LogP contribution in [0, 0.1) is 5.92 Å². The third-order valence-electron chi connectivity index (χ3n) is 4.45. The Morgan fingerprint density at radius 2 is 1.88 bits per heavy atom. The second-order valence-electron chi connectivity index (χ2n) is 6.28. The summed E-state index contributed by atoms with van der Waals surface area (Å²) in [6, 6.07) is 7.05. The van der Waals surface area contributed by atoms with Gasteiger partial charge in [0.25, 0.3) is 0 Å². The summed E-state index contributed by atoms with van der Waals surface area (Å²) >= 11 is 0. The van der Waals surface area contributed by atoms with Crippen molar-refractivity contribution in [1.29, 1.82) is 0 Å². The predicted octanol–water partition coefficient (Wildman–Crippen LogP) is 2.03. The molecule has 1 aromatic rings. The summed E-state index contributed by atoms with van der Waals surface area (Å²) < 4.78 is 15.5. The van der Waals surface area contributed by atoms with Gasteiger partial charge in [-0.3, -0.25) is 4.79 Å². The molecule has 1 aliphatic rings. The van der Waals surface area contributed by atoms with Gasteiger partial charge in [0.05, 0.1) is 7.11 Å². The molecular weight excluding hydrogens is 325 g/mol. The fraction of sp³-hybridized carbons (Fsp3) is 0.550. The summed E-state index contributed by atoms with van der Waals surface area (Å²) in [5.74, 6) is 1.39. The van der Waals surface area contributed by atoms with Crippen molar-refractivity contribution in [3.05, 3.63) is 47.3 Å². The van der Waals surface area contributed by atoms with E-state index in [0.29, 0.717) is 12.5 Å². The van der Waals surface area contributed by atoms with Crippen molar-refractivity contribution >= 4 is 6.09 Å². The largest absolute Gasteiger partial charge is 1.00 e. The molecule has 0 unspecified atom stereocenters. The molecule has 0 bridgehead atoms. The van der Waals surface area contributed by atoms with E-state index in [-0.39, 0.29) is 31.5 Å². The zero-order valence-electron chi connectivity index (χ0n) is 16.1. The molecule has 1 amide bonds. The van der Waals surface area contributed by atoms with Crippen LogP contribution in [-0.2, 0) is 9.47 Å². The van der Waals surface area contributed by atoms with Crippen molar-refractivity contribution in [2.45, 2.75) is 38.1 Å². The molecule has 1 saturated carbocycles. The number of nitrogens with zero attached hydrogens (tertiary/aromatic N) is 1. The van der Waals surface area contributed by atoms with E-state index in [1.807, 2.05) is 30.3 Å². The third kappa shape index (κ3) is 7.86. The average molecular weight is 353 g/mol. The number of hydrogen-bond donors (Lipinski definition) is 0. The first-order valence-corrected chi connectivity index (χ1v) is 8.90. The first-order valence-electron chi connectivity index (χ1n) is 8.90. The fourth-order valence-electron chi connectivity index (χ4n) is 3.05. The summed E-state index contributed by atoms with van der Waals surface area (Å²) in [5.41, 5.74) is 0.886. The minimum absolute atomic E-state index is 0. The second-order valence-corrected chi connectivity index (χ2v) is 6.28. The van der Waals surface area contributed by atoms with E-state index in [0.717, 1.165) is 11.3 Å². The molecule has 1 aromatic carbocycles. The smallest absolute Gasteiger partial charge is 0.609 e. The first kappa shape index (κ1) is 22.6. The van der Waals surface area contributed by atoms with Gasteiger partial charge in [-0.25, -0.2) is 0 Å². The molecular formula is C20H28LiNO4. The number of allylic oxidation sites excluding steroid dienone is 1. The van der Waals surface area contributed by atoms with Crippen LogP contribution in [0.3, 0.4) is 0 Å². The summed E-state index contributed by atoms with van der Waals surface area (Å²) in [5, 5.41) is 4.12. The summed E-state index contributed by atoms with van der Waals surface area (Å²) in [6.07, 6.45) is 9.95. The van der Waals surface area contributed by atoms with Gasteiger partial charge in [-0.05, 0) is 30.9 Å². The van der Waals surface area contributed by atoms with Crippen LogP contribution >= 0.6 is 0 Å². The van der Waals surface area contributed by atoms with Crippen LogP contribution < -0.4 is 23.6 Å². The van der Waals surface area contributed by atoms with E-state index in [1.165, 1.54) is 32.1 Å². The van der Waals surface area contributed by atoms with E-state index < -0.39 is 6.09 Å². The molecule has 5 nitrogen and oxygen atoms in total. The van der Waals surface area contributed by atoms with Crippen LogP contribution in [0.15, 0.2) is 36.4 Å². The molecule has 1 fully saturated rings.